The second-order valence-corrected chi connectivity index (χ2v) is 7.31. The molecule has 4 rings (SSSR count). The van der Waals surface area contributed by atoms with Gasteiger partial charge in [-0.3, -0.25) is 10.3 Å². The van der Waals surface area contributed by atoms with Crippen LogP contribution >= 0.6 is 0 Å². The summed E-state index contributed by atoms with van der Waals surface area (Å²) in [6.45, 7) is 0. The van der Waals surface area contributed by atoms with E-state index in [0.717, 1.165) is 28.2 Å². The molecule has 0 aliphatic carbocycles. The van der Waals surface area contributed by atoms with Crippen molar-refractivity contribution in [2.45, 2.75) is 18.6 Å². The fourth-order valence-corrected chi connectivity index (χ4v) is 3.76. The molecule has 0 saturated heterocycles. The number of esters is 1. The molecule has 6 heteroatoms. The van der Waals surface area contributed by atoms with Gasteiger partial charge in [0, 0.05) is 23.7 Å². The van der Waals surface area contributed by atoms with Crippen LogP contribution in [0.15, 0.2) is 77.8 Å². The molecule has 0 aromatic heterocycles. The predicted molar refractivity (Wildman–Crippen MR) is 119 cm³/mol. The van der Waals surface area contributed by atoms with Crippen LogP contribution in [0.4, 0.5) is 0 Å². The lowest BCUT2D eigenvalue weighted by Gasteiger charge is -2.31. The minimum atomic E-state index is -0.379. The monoisotopic (exact) mass is 416 g/mol. The van der Waals surface area contributed by atoms with Crippen molar-refractivity contribution in [1.82, 2.24) is 5.32 Å². The summed E-state index contributed by atoms with van der Waals surface area (Å²) in [5.74, 6) is 0.624. The van der Waals surface area contributed by atoms with Crippen molar-refractivity contribution < 1.29 is 19.4 Å². The number of ether oxygens (including phenoxy) is 2. The summed E-state index contributed by atoms with van der Waals surface area (Å²) in [7, 11) is 3.00. The van der Waals surface area contributed by atoms with Crippen LogP contribution in [0.3, 0.4) is 0 Å². The number of benzene rings is 3. The second-order valence-electron chi connectivity index (χ2n) is 7.31. The van der Waals surface area contributed by atoms with E-state index in [-0.39, 0.29) is 23.9 Å². The molecule has 1 aliphatic rings. The first-order valence-electron chi connectivity index (χ1n) is 10.0. The van der Waals surface area contributed by atoms with Gasteiger partial charge in [-0.15, -0.1) is 0 Å². The summed E-state index contributed by atoms with van der Waals surface area (Å²) in [6, 6.07) is 22.2. The van der Waals surface area contributed by atoms with Crippen molar-refractivity contribution in [2.24, 2.45) is 4.99 Å². The minimum Gasteiger partial charge on any atom is -0.508 e. The number of phenols is 1. The van der Waals surface area contributed by atoms with E-state index >= 15 is 0 Å². The van der Waals surface area contributed by atoms with E-state index < -0.39 is 0 Å². The molecular weight excluding hydrogens is 392 g/mol. The zero-order chi connectivity index (χ0) is 21.8. The number of rotatable bonds is 5. The first-order valence-corrected chi connectivity index (χ1v) is 10.0. The third kappa shape index (κ3) is 4.44. The normalized spacial score (nSPS) is 18.2. The van der Waals surface area contributed by atoms with Crippen LogP contribution in [-0.4, -0.2) is 31.0 Å². The Labute approximate surface area is 181 Å². The van der Waals surface area contributed by atoms with Crippen molar-refractivity contribution in [3.63, 3.8) is 0 Å². The molecule has 158 valence electrons. The topological polar surface area (TPSA) is 80.2 Å². The summed E-state index contributed by atoms with van der Waals surface area (Å²) >= 11 is 0. The van der Waals surface area contributed by atoms with E-state index in [4.69, 9.17) is 14.5 Å². The summed E-state index contributed by atoms with van der Waals surface area (Å²) in [5.41, 5.74) is 4.09. The molecule has 0 saturated carbocycles. The fourth-order valence-electron chi connectivity index (χ4n) is 3.76. The Kier molecular flexibility index (Phi) is 6.00. The number of aromatic hydroxyl groups is 1. The van der Waals surface area contributed by atoms with E-state index in [0.29, 0.717) is 12.0 Å². The van der Waals surface area contributed by atoms with Crippen molar-refractivity contribution in [3.05, 3.63) is 95.1 Å². The summed E-state index contributed by atoms with van der Waals surface area (Å²) in [6.07, 6.45) is 0.271. The average molecular weight is 416 g/mol. The second kappa shape index (κ2) is 9.02. The van der Waals surface area contributed by atoms with E-state index in [2.05, 4.69) is 5.32 Å². The Balaban J connectivity index is 1.73. The molecule has 3 aromatic rings. The van der Waals surface area contributed by atoms with E-state index in [9.17, 15) is 9.90 Å². The summed E-state index contributed by atoms with van der Waals surface area (Å²) < 4.78 is 10.2. The standard InChI is InChI=1S/C25H24N2O4/c1-30-19-7-5-6-18(14-19)21-15-22(20-8-3-4-9-23(20)28)27-24(26-21)16-10-12-17(13-11-16)25(29)31-2/h3-14,22,24,27-28H,15H2,1-2H3/t22-,24+/m0/s1. The Morgan fingerprint density at radius 3 is 2.52 bits per heavy atom. The maximum absolute atomic E-state index is 11.8. The van der Waals surface area contributed by atoms with Gasteiger partial charge in [-0.05, 0) is 41.5 Å². The molecule has 0 unspecified atom stereocenters. The summed E-state index contributed by atoms with van der Waals surface area (Å²) in [5, 5.41) is 14.0. The van der Waals surface area contributed by atoms with Crippen LogP contribution in [0, 0.1) is 0 Å². The third-order valence-corrected chi connectivity index (χ3v) is 5.40. The third-order valence-electron chi connectivity index (χ3n) is 5.40. The lowest BCUT2D eigenvalue weighted by molar-refractivity contribution is 0.0600. The van der Waals surface area contributed by atoms with Gasteiger partial charge in [-0.1, -0.05) is 42.5 Å². The molecule has 0 bridgehead atoms. The molecule has 0 radical (unpaired) electrons. The quantitative estimate of drug-likeness (QED) is 0.602. The summed E-state index contributed by atoms with van der Waals surface area (Å²) in [4.78, 5) is 16.7. The van der Waals surface area contributed by atoms with Gasteiger partial charge in [0.25, 0.3) is 0 Å². The van der Waals surface area contributed by atoms with E-state index in [1.165, 1.54) is 7.11 Å². The lowest BCUT2D eigenvalue weighted by Crippen LogP contribution is -2.33. The van der Waals surface area contributed by atoms with E-state index in [1.54, 1.807) is 25.3 Å². The molecule has 1 heterocycles. The van der Waals surface area contributed by atoms with Gasteiger partial charge < -0.3 is 14.6 Å². The molecule has 31 heavy (non-hydrogen) atoms. The number of aliphatic imine (C=N–C) groups is 1. The highest BCUT2D eigenvalue weighted by Gasteiger charge is 2.27. The molecule has 0 fully saturated rings. The molecule has 2 atom stereocenters. The first-order chi connectivity index (χ1) is 15.1. The average Bonchev–Trinajstić information content (AvgIpc) is 2.83. The van der Waals surface area contributed by atoms with Gasteiger partial charge in [-0.2, -0.15) is 0 Å². The first kappa shape index (κ1) is 20.6. The molecule has 1 aliphatic heterocycles. The van der Waals surface area contributed by atoms with Gasteiger partial charge in [0.1, 0.15) is 17.7 Å². The zero-order valence-electron chi connectivity index (χ0n) is 17.4. The maximum atomic E-state index is 11.8. The van der Waals surface area contributed by atoms with Crippen LogP contribution in [0.2, 0.25) is 0 Å². The highest BCUT2D eigenvalue weighted by atomic mass is 16.5. The smallest absolute Gasteiger partial charge is 0.337 e. The van der Waals surface area contributed by atoms with Crippen molar-refractivity contribution in [2.75, 3.05) is 14.2 Å². The Morgan fingerprint density at radius 1 is 1.03 bits per heavy atom. The highest BCUT2D eigenvalue weighted by Crippen LogP contribution is 2.34. The molecular formula is C25H24N2O4. The number of methoxy groups -OCH3 is 2. The SMILES string of the molecule is COC(=O)c1ccc([C@@H]2N=C(c3cccc(OC)c3)C[C@@H](c3ccccc3O)N2)cc1. The number of para-hydroxylation sites is 1. The van der Waals surface area contributed by atoms with Crippen LogP contribution in [0.25, 0.3) is 0 Å². The van der Waals surface area contributed by atoms with Gasteiger partial charge in [0.05, 0.1) is 19.8 Å². The van der Waals surface area contributed by atoms with Crippen LogP contribution < -0.4 is 10.1 Å². The molecule has 0 spiro atoms. The number of carbonyl (C=O) groups excluding carboxylic acids is 1. The molecule has 0 amide bonds. The molecule has 6 nitrogen and oxygen atoms in total. The number of carbonyl (C=O) groups is 1. The van der Waals surface area contributed by atoms with Crippen LogP contribution in [0.5, 0.6) is 11.5 Å². The number of hydrogen-bond donors (Lipinski definition) is 2. The zero-order valence-corrected chi connectivity index (χ0v) is 17.4. The molecule has 3 aromatic carbocycles. The lowest BCUT2D eigenvalue weighted by atomic mass is 9.93. The Hall–Kier alpha value is -3.64. The Bertz CT molecular complexity index is 1110. The number of nitrogens with one attached hydrogen (secondary N) is 1. The van der Waals surface area contributed by atoms with Crippen molar-refractivity contribution in [3.8, 4) is 11.5 Å². The van der Waals surface area contributed by atoms with Gasteiger partial charge in [-0.25, -0.2) is 4.79 Å². The van der Waals surface area contributed by atoms with Gasteiger partial charge in [0.2, 0.25) is 0 Å². The largest absolute Gasteiger partial charge is 0.508 e. The van der Waals surface area contributed by atoms with Gasteiger partial charge in [0.15, 0.2) is 0 Å². The number of nitrogens with zero attached hydrogens (tertiary/aromatic N) is 1. The fraction of sp³-hybridized carbons (Fsp3) is 0.200. The molecule has 2 N–H and O–H groups in total. The van der Waals surface area contributed by atoms with Crippen molar-refractivity contribution in [1.29, 1.82) is 0 Å². The highest BCUT2D eigenvalue weighted by molar-refractivity contribution is 6.02. The van der Waals surface area contributed by atoms with E-state index in [1.807, 2.05) is 54.6 Å². The predicted octanol–water partition coefficient (Wildman–Crippen LogP) is 4.41. The maximum Gasteiger partial charge on any atom is 0.337 e. The minimum absolute atomic E-state index is 0.134. The number of hydrogen-bond acceptors (Lipinski definition) is 6. The number of phenolic OH excluding ortho intramolecular Hbond substituents is 1. The van der Waals surface area contributed by atoms with Crippen molar-refractivity contribution >= 4 is 11.7 Å². The Morgan fingerprint density at radius 2 is 1.81 bits per heavy atom. The van der Waals surface area contributed by atoms with Gasteiger partial charge >= 0.3 is 5.97 Å². The van der Waals surface area contributed by atoms with Crippen LogP contribution in [-0.2, 0) is 4.74 Å². The van der Waals surface area contributed by atoms with Crippen LogP contribution in [0.1, 0.15) is 45.7 Å².